The zero-order valence-corrected chi connectivity index (χ0v) is 14.9. The molecule has 0 saturated carbocycles. The summed E-state index contributed by atoms with van der Waals surface area (Å²) in [5.74, 6) is 0.0770. The van der Waals surface area contributed by atoms with Gasteiger partial charge in [0.15, 0.2) is 0 Å². The van der Waals surface area contributed by atoms with Gasteiger partial charge in [0.25, 0.3) is 0 Å². The fourth-order valence-corrected chi connectivity index (χ4v) is 3.91. The van der Waals surface area contributed by atoms with Crippen LogP contribution in [0.2, 0.25) is 0 Å². The van der Waals surface area contributed by atoms with Gasteiger partial charge in [-0.25, -0.2) is 4.98 Å². The van der Waals surface area contributed by atoms with Crippen LogP contribution in [0.5, 0.6) is 0 Å². The lowest BCUT2D eigenvalue weighted by atomic mass is 10.2. The van der Waals surface area contributed by atoms with Gasteiger partial charge in [-0.3, -0.25) is 4.79 Å². The number of benzene rings is 1. The minimum atomic E-state index is 0.0770. The zero-order chi connectivity index (χ0) is 16.8. The normalized spacial score (nSPS) is 10.5. The third-order valence-electron chi connectivity index (χ3n) is 3.53. The highest BCUT2D eigenvalue weighted by Gasteiger charge is 2.16. The van der Waals surface area contributed by atoms with Crippen molar-refractivity contribution in [2.24, 2.45) is 0 Å². The predicted molar refractivity (Wildman–Crippen MR) is 101 cm³/mol. The summed E-state index contributed by atoms with van der Waals surface area (Å²) in [6.07, 6.45) is 2.09. The third-order valence-corrected chi connectivity index (χ3v) is 5.34. The van der Waals surface area contributed by atoms with Crippen molar-refractivity contribution in [1.29, 1.82) is 0 Å². The summed E-state index contributed by atoms with van der Waals surface area (Å²) >= 11 is 3.24. The van der Waals surface area contributed by atoms with E-state index in [0.717, 1.165) is 16.3 Å². The van der Waals surface area contributed by atoms with Crippen LogP contribution in [0.25, 0.3) is 10.6 Å². The number of nitrogens with zero attached hydrogens (tertiary/aromatic N) is 2. The van der Waals surface area contributed by atoms with Gasteiger partial charge in [-0.05, 0) is 11.4 Å². The van der Waals surface area contributed by atoms with Crippen molar-refractivity contribution >= 4 is 28.6 Å². The fraction of sp³-hybridized carbons (Fsp3) is 0.158. The average Bonchev–Trinajstić information content (AvgIpc) is 3.27. The zero-order valence-electron chi connectivity index (χ0n) is 13.2. The number of hydrogen-bond donors (Lipinski definition) is 0. The second-order valence-corrected chi connectivity index (χ2v) is 7.22. The molecule has 0 N–H and O–H groups in total. The van der Waals surface area contributed by atoms with Gasteiger partial charge in [0.05, 0.1) is 18.7 Å². The van der Waals surface area contributed by atoms with Crippen LogP contribution in [0.4, 0.5) is 0 Å². The fourth-order valence-electron chi connectivity index (χ4n) is 2.37. The smallest absolute Gasteiger partial charge is 0.229 e. The highest BCUT2D eigenvalue weighted by Crippen LogP contribution is 2.24. The topological polar surface area (TPSA) is 33.2 Å². The van der Waals surface area contributed by atoms with Gasteiger partial charge >= 0.3 is 0 Å². The van der Waals surface area contributed by atoms with E-state index in [-0.39, 0.29) is 5.91 Å². The lowest BCUT2D eigenvalue weighted by molar-refractivity contribution is -0.130. The Morgan fingerprint density at radius 3 is 2.71 bits per heavy atom. The van der Waals surface area contributed by atoms with Crippen LogP contribution in [0.1, 0.15) is 10.6 Å². The quantitative estimate of drug-likeness (QED) is 0.580. The Morgan fingerprint density at radius 2 is 2.00 bits per heavy atom. The molecular formula is C19H18N2OS2. The molecule has 0 aliphatic carbocycles. The van der Waals surface area contributed by atoms with E-state index in [2.05, 4.69) is 11.6 Å². The summed E-state index contributed by atoms with van der Waals surface area (Å²) in [6, 6.07) is 14.1. The molecule has 1 aromatic carbocycles. The molecule has 5 heteroatoms. The molecule has 2 heterocycles. The SMILES string of the molecule is C=CCN(Cc1cccs1)C(=O)Cc1csc(-c2ccccc2)n1. The van der Waals surface area contributed by atoms with Gasteiger partial charge in [0, 0.05) is 22.4 Å². The van der Waals surface area contributed by atoms with E-state index in [0.29, 0.717) is 19.5 Å². The molecule has 24 heavy (non-hydrogen) atoms. The molecule has 2 aromatic heterocycles. The predicted octanol–water partition coefficient (Wildman–Crippen LogP) is 4.63. The first-order valence-corrected chi connectivity index (χ1v) is 9.43. The first-order valence-electron chi connectivity index (χ1n) is 7.67. The van der Waals surface area contributed by atoms with E-state index in [4.69, 9.17) is 0 Å². The molecule has 0 fully saturated rings. The van der Waals surface area contributed by atoms with Crippen LogP contribution in [-0.4, -0.2) is 22.3 Å². The minimum absolute atomic E-state index is 0.0770. The van der Waals surface area contributed by atoms with Crippen LogP contribution in [0, 0.1) is 0 Å². The summed E-state index contributed by atoms with van der Waals surface area (Å²) in [6.45, 7) is 4.93. The number of carbonyl (C=O) groups excluding carboxylic acids is 1. The van der Waals surface area contributed by atoms with Gasteiger partial charge in [-0.1, -0.05) is 42.5 Å². The van der Waals surface area contributed by atoms with E-state index in [9.17, 15) is 4.79 Å². The Balaban J connectivity index is 1.68. The standard InChI is InChI=1S/C19H18N2OS2/c1-2-10-21(13-17-9-6-11-23-17)18(22)12-16-14-24-19(20-16)15-7-4-3-5-8-15/h2-9,11,14H,1,10,12-13H2. The van der Waals surface area contributed by atoms with E-state index in [1.807, 2.05) is 58.1 Å². The van der Waals surface area contributed by atoms with Crippen molar-refractivity contribution < 1.29 is 4.79 Å². The molecule has 0 atom stereocenters. The van der Waals surface area contributed by atoms with Gasteiger partial charge in [-0.15, -0.1) is 29.3 Å². The second-order valence-electron chi connectivity index (χ2n) is 5.33. The molecule has 3 rings (SSSR count). The minimum Gasteiger partial charge on any atom is -0.334 e. The molecule has 3 nitrogen and oxygen atoms in total. The van der Waals surface area contributed by atoms with Crippen molar-refractivity contribution in [1.82, 2.24) is 9.88 Å². The molecule has 0 radical (unpaired) electrons. The molecule has 0 spiro atoms. The lowest BCUT2D eigenvalue weighted by Crippen LogP contribution is -2.31. The van der Waals surface area contributed by atoms with Crippen LogP contribution in [-0.2, 0) is 17.8 Å². The number of thiazole rings is 1. The highest BCUT2D eigenvalue weighted by molar-refractivity contribution is 7.13. The van der Waals surface area contributed by atoms with Gasteiger partial charge in [-0.2, -0.15) is 0 Å². The Morgan fingerprint density at radius 1 is 1.17 bits per heavy atom. The Labute approximate surface area is 149 Å². The molecule has 1 amide bonds. The Bertz CT molecular complexity index is 794. The largest absolute Gasteiger partial charge is 0.334 e. The van der Waals surface area contributed by atoms with Crippen molar-refractivity contribution in [2.45, 2.75) is 13.0 Å². The molecule has 0 aliphatic rings. The van der Waals surface area contributed by atoms with E-state index < -0.39 is 0 Å². The Hall–Kier alpha value is -2.24. The number of thiophene rings is 1. The Kier molecular flexibility index (Phi) is 5.56. The summed E-state index contributed by atoms with van der Waals surface area (Å²) in [7, 11) is 0. The molecule has 0 aliphatic heterocycles. The van der Waals surface area contributed by atoms with Crippen molar-refractivity contribution in [3.05, 3.63) is 76.5 Å². The first-order chi connectivity index (χ1) is 11.8. The van der Waals surface area contributed by atoms with Gasteiger partial charge in [0.2, 0.25) is 5.91 Å². The summed E-state index contributed by atoms with van der Waals surface area (Å²) in [5, 5.41) is 4.95. The summed E-state index contributed by atoms with van der Waals surface area (Å²) in [5.41, 5.74) is 1.91. The van der Waals surface area contributed by atoms with Crippen molar-refractivity contribution in [3.63, 3.8) is 0 Å². The van der Waals surface area contributed by atoms with E-state index >= 15 is 0 Å². The van der Waals surface area contributed by atoms with Crippen LogP contribution in [0.15, 0.2) is 65.9 Å². The molecular weight excluding hydrogens is 336 g/mol. The number of hydrogen-bond acceptors (Lipinski definition) is 4. The summed E-state index contributed by atoms with van der Waals surface area (Å²) in [4.78, 5) is 20.2. The molecule has 122 valence electrons. The highest BCUT2D eigenvalue weighted by atomic mass is 32.1. The molecule has 0 unspecified atom stereocenters. The van der Waals surface area contributed by atoms with Gasteiger partial charge < -0.3 is 4.90 Å². The van der Waals surface area contributed by atoms with Crippen LogP contribution >= 0.6 is 22.7 Å². The average molecular weight is 354 g/mol. The van der Waals surface area contributed by atoms with Crippen molar-refractivity contribution in [2.75, 3.05) is 6.54 Å². The number of rotatable bonds is 7. The molecule has 0 saturated heterocycles. The number of amides is 1. The van der Waals surface area contributed by atoms with Gasteiger partial charge in [0.1, 0.15) is 5.01 Å². The van der Waals surface area contributed by atoms with Crippen LogP contribution < -0.4 is 0 Å². The van der Waals surface area contributed by atoms with E-state index in [1.165, 1.54) is 4.88 Å². The van der Waals surface area contributed by atoms with Crippen LogP contribution in [0.3, 0.4) is 0 Å². The summed E-state index contributed by atoms with van der Waals surface area (Å²) < 4.78 is 0. The number of carbonyl (C=O) groups is 1. The van der Waals surface area contributed by atoms with E-state index in [1.54, 1.807) is 28.7 Å². The maximum Gasteiger partial charge on any atom is 0.229 e. The first kappa shape index (κ1) is 16.6. The lowest BCUT2D eigenvalue weighted by Gasteiger charge is -2.20. The van der Waals surface area contributed by atoms with Crippen molar-refractivity contribution in [3.8, 4) is 10.6 Å². The molecule has 0 bridgehead atoms. The second kappa shape index (κ2) is 8.04. The maximum absolute atomic E-state index is 12.6. The molecule has 3 aromatic rings. The number of aromatic nitrogens is 1. The third kappa shape index (κ3) is 4.19. The monoisotopic (exact) mass is 354 g/mol. The maximum atomic E-state index is 12.6.